The summed E-state index contributed by atoms with van der Waals surface area (Å²) in [6.45, 7) is 6.26. The molecule has 1 unspecified atom stereocenters. The lowest BCUT2D eigenvalue weighted by Gasteiger charge is -2.26. The Balaban J connectivity index is 2.73. The number of likely N-dealkylation sites (N-methyl/N-ethyl adjacent to an activating group) is 1. The van der Waals surface area contributed by atoms with Crippen LogP contribution in [0.5, 0.6) is 0 Å². The van der Waals surface area contributed by atoms with E-state index in [9.17, 15) is 5.11 Å². The van der Waals surface area contributed by atoms with Gasteiger partial charge >= 0.3 is 0 Å². The Kier molecular flexibility index (Phi) is 6.68. The standard InChI is InChI=1S/C14H23BrN2O/c1-4-7-16-9-12-5-6-14(13(15)8-12)17(3)11(2)10-18/h5-6,8,11,16,18H,4,7,9-10H2,1-3H3. The summed E-state index contributed by atoms with van der Waals surface area (Å²) in [6, 6.07) is 6.48. The molecule has 0 bridgehead atoms. The van der Waals surface area contributed by atoms with Crippen molar-refractivity contribution in [3.8, 4) is 0 Å². The maximum Gasteiger partial charge on any atom is 0.0632 e. The SMILES string of the molecule is CCCNCc1ccc(N(C)C(C)CO)c(Br)c1. The molecular formula is C14H23BrN2O. The van der Waals surface area contributed by atoms with Gasteiger partial charge in [-0.2, -0.15) is 0 Å². The molecular weight excluding hydrogens is 292 g/mol. The third-order valence-electron chi connectivity index (χ3n) is 3.07. The Hall–Kier alpha value is -0.580. The van der Waals surface area contributed by atoms with E-state index in [4.69, 9.17) is 0 Å². The summed E-state index contributed by atoms with van der Waals surface area (Å²) in [6.07, 6.45) is 1.15. The second kappa shape index (κ2) is 7.77. The zero-order valence-corrected chi connectivity index (χ0v) is 13.0. The number of halogens is 1. The largest absolute Gasteiger partial charge is 0.394 e. The zero-order chi connectivity index (χ0) is 13.5. The van der Waals surface area contributed by atoms with Crippen molar-refractivity contribution in [2.24, 2.45) is 0 Å². The van der Waals surface area contributed by atoms with Crippen LogP contribution >= 0.6 is 15.9 Å². The van der Waals surface area contributed by atoms with E-state index in [1.165, 1.54) is 5.56 Å². The summed E-state index contributed by atoms with van der Waals surface area (Å²) in [5.74, 6) is 0. The van der Waals surface area contributed by atoms with Crippen LogP contribution in [0.4, 0.5) is 5.69 Å². The van der Waals surface area contributed by atoms with Crippen LogP contribution in [0, 0.1) is 0 Å². The van der Waals surface area contributed by atoms with Crippen LogP contribution in [0.2, 0.25) is 0 Å². The van der Waals surface area contributed by atoms with Crippen LogP contribution in [-0.2, 0) is 6.54 Å². The summed E-state index contributed by atoms with van der Waals surface area (Å²) in [4.78, 5) is 2.08. The molecule has 4 heteroatoms. The van der Waals surface area contributed by atoms with Crippen LogP contribution < -0.4 is 10.2 Å². The fraction of sp³-hybridized carbons (Fsp3) is 0.571. The molecule has 0 heterocycles. The highest BCUT2D eigenvalue weighted by molar-refractivity contribution is 9.10. The molecule has 1 rings (SSSR count). The normalized spacial score (nSPS) is 12.5. The van der Waals surface area contributed by atoms with E-state index in [0.717, 1.165) is 29.7 Å². The average Bonchev–Trinajstić information content (AvgIpc) is 2.37. The van der Waals surface area contributed by atoms with Gasteiger partial charge in [0.1, 0.15) is 0 Å². The van der Waals surface area contributed by atoms with E-state index in [1.807, 2.05) is 14.0 Å². The highest BCUT2D eigenvalue weighted by Crippen LogP contribution is 2.27. The van der Waals surface area contributed by atoms with Crippen molar-refractivity contribution in [2.75, 3.05) is 25.1 Å². The van der Waals surface area contributed by atoms with Crippen molar-refractivity contribution >= 4 is 21.6 Å². The molecule has 0 aromatic heterocycles. The van der Waals surface area contributed by atoms with E-state index in [1.54, 1.807) is 0 Å². The topological polar surface area (TPSA) is 35.5 Å². The van der Waals surface area contributed by atoms with Crippen molar-refractivity contribution in [2.45, 2.75) is 32.9 Å². The summed E-state index contributed by atoms with van der Waals surface area (Å²) in [5, 5.41) is 12.6. The quantitative estimate of drug-likeness (QED) is 0.760. The van der Waals surface area contributed by atoms with Crippen molar-refractivity contribution in [1.29, 1.82) is 0 Å². The van der Waals surface area contributed by atoms with Gasteiger partial charge in [0.05, 0.1) is 12.3 Å². The van der Waals surface area contributed by atoms with Gasteiger partial charge in [0.15, 0.2) is 0 Å². The van der Waals surface area contributed by atoms with E-state index in [-0.39, 0.29) is 12.6 Å². The van der Waals surface area contributed by atoms with Gasteiger partial charge in [-0.25, -0.2) is 0 Å². The van der Waals surface area contributed by atoms with Crippen LogP contribution in [-0.4, -0.2) is 31.3 Å². The van der Waals surface area contributed by atoms with Gasteiger partial charge in [-0.15, -0.1) is 0 Å². The van der Waals surface area contributed by atoms with Crippen LogP contribution in [0.1, 0.15) is 25.8 Å². The molecule has 0 aliphatic heterocycles. The lowest BCUT2D eigenvalue weighted by Crippen LogP contribution is -2.32. The number of anilines is 1. The molecule has 0 aliphatic rings. The third-order valence-corrected chi connectivity index (χ3v) is 3.71. The van der Waals surface area contributed by atoms with Gasteiger partial charge in [-0.1, -0.05) is 13.0 Å². The van der Waals surface area contributed by atoms with Crippen molar-refractivity contribution in [3.63, 3.8) is 0 Å². The maximum atomic E-state index is 9.19. The minimum Gasteiger partial charge on any atom is -0.394 e. The number of rotatable bonds is 7. The first kappa shape index (κ1) is 15.5. The molecule has 18 heavy (non-hydrogen) atoms. The maximum absolute atomic E-state index is 9.19. The number of aliphatic hydroxyl groups is 1. The molecule has 2 N–H and O–H groups in total. The van der Waals surface area contributed by atoms with Crippen molar-refractivity contribution in [1.82, 2.24) is 5.32 Å². The van der Waals surface area contributed by atoms with Crippen molar-refractivity contribution < 1.29 is 5.11 Å². The fourth-order valence-electron chi connectivity index (χ4n) is 1.72. The zero-order valence-electron chi connectivity index (χ0n) is 11.4. The highest BCUT2D eigenvalue weighted by atomic mass is 79.9. The molecule has 3 nitrogen and oxygen atoms in total. The summed E-state index contributed by atoms with van der Waals surface area (Å²) >= 11 is 3.60. The first-order chi connectivity index (χ1) is 8.60. The number of hydrogen-bond donors (Lipinski definition) is 2. The third kappa shape index (κ3) is 4.26. The fourth-order valence-corrected chi connectivity index (χ4v) is 2.42. The Bertz CT molecular complexity index is 371. The molecule has 0 aliphatic carbocycles. The highest BCUT2D eigenvalue weighted by Gasteiger charge is 2.11. The summed E-state index contributed by atoms with van der Waals surface area (Å²) < 4.78 is 1.07. The van der Waals surface area contributed by atoms with E-state index >= 15 is 0 Å². The van der Waals surface area contributed by atoms with Gasteiger partial charge in [0, 0.05) is 24.1 Å². The number of hydrogen-bond acceptors (Lipinski definition) is 3. The number of benzene rings is 1. The van der Waals surface area contributed by atoms with E-state index in [0.29, 0.717) is 0 Å². The summed E-state index contributed by atoms with van der Waals surface area (Å²) in [5.41, 5.74) is 2.37. The predicted molar refractivity (Wildman–Crippen MR) is 81.1 cm³/mol. The molecule has 0 amide bonds. The van der Waals surface area contributed by atoms with Crippen LogP contribution in [0.3, 0.4) is 0 Å². The molecule has 1 aromatic rings. The molecule has 1 atom stereocenters. The Morgan fingerprint density at radius 3 is 2.72 bits per heavy atom. The van der Waals surface area contributed by atoms with Gasteiger partial charge in [-0.05, 0) is 53.5 Å². The molecule has 0 saturated carbocycles. The van der Waals surface area contributed by atoms with Gasteiger partial charge in [0.25, 0.3) is 0 Å². The predicted octanol–water partition coefficient (Wildman–Crippen LogP) is 2.77. The minimum absolute atomic E-state index is 0.116. The summed E-state index contributed by atoms with van der Waals surface area (Å²) in [7, 11) is 2.00. The number of aliphatic hydroxyl groups excluding tert-OH is 1. The van der Waals surface area contributed by atoms with Gasteiger partial charge in [0.2, 0.25) is 0 Å². The molecule has 0 fully saturated rings. The Morgan fingerprint density at radius 1 is 1.44 bits per heavy atom. The average molecular weight is 315 g/mol. The smallest absolute Gasteiger partial charge is 0.0632 e. The first-order valence-electron chi connectivity index (χ1n) is 6.43. The van der Waals surface area contributed by atoms with Crippen LogP contribution in [0.15, 0.2) is 22.7 Å². The molecule has 1 aromatic carbocycles. The number of nitrogens with zero attached hydrogens (tertiary/aromatic N) is 1. The molecule has 102 valence electrons. The molecule has 0 spiro atoms. The second-order valence-corrected chi connectivity index (χ2v) is 5.46. The lowest BCUT2D eigenvalue weighted by atomic mass is 10.1. The van der Waals surface area contributed by atoms with Gasteiger partial charge < -0.3 is 15.3 Å². The van der Waals surface area contributed by atoms with E-state index < -0.39 is 0 Å². The van der Waals surface area contributed by atoms with Crippen LogP contribution in [0.25, 0.3) is 0 Å². The van der Waals surface area contributed by atoms with Gasteiger partial charge in [-0.3, -0.25) is 0 Å². The number of nitrogens with one attached hydrogen (secondary N) is 1. The van der Waals surface area contributed by atoms with Crippen molar-refractivity contribution in [3.05, 3.63) is 28.2 Å². The Morgan fingerprint density at radius 2 is 2.17 bits per heavy atom. The molecule has 0 radical (unpaired) electrons. The Labute approximate surface area is 118 Å². The molecule has 0 saturated heterocycles. The lowest BCUT2D eigenvalue weighted by molar-refractivity contribution is 0.270. The monoisotopic (exact) mass is 314 g/mol. The first-order valence-corrected chi connectivity index (χ1v) is 7.22. The van der Waals surface area contributed by atoms with E-state index in [2.05, 4.69) is 51.3 Å². The second-order valence-electron chi connectivity index (χ2n) is 4.61. The minimum atomic E-state index is 0.116.